The van der Waals surface area contributed by atoms with Gasteiger partial charge < -0.3 is 20.1 Å². The molecule has 2 aliphatic rings. The normalized spacial score (nSPS) is 17.5. The highest BCUT2D eigenvalue weighted by Gasteiger charge is 2.34. The van der Waals surface area contributed by atoms with Gasteiger partial charge in [0.1, 0.15) is 29.0 Å². The van der Waals surface area contributed by atoms with Crippen molar-refractivity contribution in [2.75, 3.05) is 37.1 Å². The molecule has 2 aromatic heterocycles. The highest BCUT2D eigenvalue weighted by Crippen LogP contribution is 2.39. The second-order valence-corrected chi connectivity index (χ2v) is 8.11. The number of aromatic nitrogens is 2. The molecular formula is C24H24FN5O3. The molecule has 9 heteroatoms. The minimum absolute atomic E-state index is 0.0866. The summed E-state index contributed by atoms with van der Waals surface area (Å²) in [6, 6.07) is 9.89. The number of hydrogen-bond donors (Lipinski definition) is 1. The van der Waals surface area contributed by atoms with E-state index in [1.165, 1.54) is 19.4 Å². The Kier molecular flexibility index (Phi) is 5.33. The quantitative estimate of drug-likeness (QED) is 0.640. The topological polar surface area (TPSA) is 93.8 Å². The number of carbonyl (C=O) groups is 1. The van der Waals surface area contributed by atoms with Crippen molar-refractivity contribution in [3.8, 4) is 22.8 Å². The summed E-state index contributed by atoms with van der Waals surface area (Å²) >= 11 is 0. The average molecular weight is 449 g/mol. The van der Waals surface area contributed by atoms with E-state index >= 15 is 0 Å². The van der Waals surface area contributed by atoms with Crippen LogP contribution in [0.4, 0.5) is 16.0 Å². The molecule has 5 rings (SSSR count). The molecule has 0 spiro atoms. The number of fused-ring (bicyclic) bond motifs is 1. The van der Waals surface area contributed by atoms with Crippen LogP contribution in [-0.4, -0.2) is 49.2 Å². The van der Waals surface area contributed by atoms with Crippen LogP contribution < -0.4 is 25.0 Å². The summed E-state index contributed by atoms with van der Waals surface area (Å²) in [7, 11) is 3.05. The van der Waals surface area contributed by atoms with Crippen LogP contribution in [-0.2, 0) is 6.54 Å². The first-order chi connectivity index (χ1) is 16.0. The molecular weight excluding hydrogens is 425 g/mol. The largest absolute Gasteiger partial charge is 0.496 e. The average Bonchev–Trinajstić information content (AvgIpc) is 3.42. The summed E-state index contributed by atoms with van der Waals surface area (Å²) in [5.41, 5.74) is 7.77. The monoisotopic (exact) mass is 449 g/mol. The first-order valence-corrected chi connectivity index (χ1v) is 10.7. The van der Waals surface area contributed by atoms with E-state index in [1.54, 1.807) is 36.3 Å². The fraction of sp³-hybridized carbons (Fsp3) is 0.292. The van der Waals surface area contributed by atoms with E-state index in [1.807, 2.05) is 6.07 Å². The van der Waals surface area contributed by atoms with Gasteiger partial charge in [0, 0.05) is 48.6 Å². The lowest BCUT2D eigenvalue weighted by Gasteiger charge is -2.22. The van der Waals surface area contributed by atoms with Crippen molar-refractivity contribution in [3.05, 3.63) is 59.5 Å². The number of pyridine rings is 2. The zero-order valence-electron chi connectivity index (χ0n) is 18.4. The summed E-state index contributed by atoms with van der Waals surface area (Å²) in [4.78, 5) is 26.2. The molecule has 1 unspecified atom stereocenters. The van der Waals surface area contributed by atoms with Crippen LogP contribution in [0, 0.1) is 5.82 Å². The number of rotatable bonds is 5. The third-order valence-electron chi connectivity index (χ3n) is 6.11. The minimum Gasteiger partial charge on any atom is -0.496 e. The molecule has 4 heterocycles. The zero-order valence-corrected chi connectivity index (χ0v) is 18.4. The van der Waals surface area contributed by atoms with Crippen molar-refractivity contribution in [1.82, 2.24) is 9.97 Å². The minimum atomic E-state index is -0.465. The number of methoxy groups -OCH3 is 2. The number of amides is 1. The van der Waals surface area contributed by atoms with Gasteiger partial charge in [-0.3, -0.25) is 14.7 Å². The molecule has 1 saturated heterocycles. The van der Waals surface area contributed by atoms with E-state index < -0.39 is 5.82 Å². The number of halogens is 1. The summed E-state index contributed by atoms with van der Waals surface area (Å²) in [6.45, 7) is 1.68. The highest BCUT2D eigenvalue weighted by atomic mass is 19.1. The van der Waals surface area contributed by atoms with E-state index in [4.69, 9.17) is 20.2 Å². The molecule has 0 saturated carbocycles. The Bertz CT molecular complexity index is 1230. The molecule has 1 amide bonds. The van der Waals surface area contributed by atoms with Crippen molar-refractivity contribution < 1.29 is 18.7 Å². The van der Waals surface area contributed by atoms with Crippen LogP contribution in [0.25, 0.3) is 11.3 Å². The van der Waals surface area contributed by atoms with Gasteiger partial charge in [-0.1, -0.05) is 6.07 Å². The van der Waals surface area contributed by atoms with Crippen LogP contribution in [0.15, 0.2) is 42.6 Å². The molecule has 170 valence electrons. The van der Waals surface area contributed by atoms with E-state index in [0.29, 0.717) is 46.5 Å². The summed E-state index contributed by atoms with van der Waals surface area (Å²) in [6.07, 6.45) is 2.39. The SMILES string of the molecule is COc1cc(N2CCC(N)C2)nc(N2Cc3c(ccnc3-c3c(F)cccc3OC)C2=O)c1. The van der Waals surface area contributed by atoms with E-state index in [2.05, 4.69) is 9.88 Å². The lowest BCUT2D eigenvalue weighted by Crippen LogP contribution is -2.28. The standard InChI is InChI=1S/C24H24FN5O3/c1-32-15-10-20(29-9-7-14(26)12-29)28-21(11-15)30-13-17-16(24(30)31)6-8-27-23(17)22-18(25)4-3-5-19(22)33-2/h3-6,8,10-11,14H,7,9,12-13,26H2,1-2H3. The molecule has 2 aliphatic heterocycles. The maximum Gasteiger partial charge on any atom is 0.260 e. The number of anilines is 2. The van der Waals surface area contributed by atoms with Crippen LogP contribution in [0.2, 0.25) is 0 Å². The smallest absolute Gasteiger partial charge is 0.260 e. The van der Waals surface area contributed by atoms with E-state index in [9.17, 15) is 9.18 Å². The van der Waals surface area contributed by atoms with Gasteiger partial charge in [-0.15, -0.1) is 0 Å². The van der Waals surface area contributed by atoms with Crippen molar-refractivity contribution in [1.29, 1.82) is 0 Å². The Hall–Kier alpha value is -3.72. The van der Waals surface area contributed by atoms with Crippen LogP contribution in [0.5, 0.6) is 11.5 Å². The molecule has 2 N–H and O–H groups in total. The molecule has 1 atom stereocenters. The third-order valence-corrected chi connectivity index (χ3v) is 6.11. The van der Waals surface area contributed by atoms with Crippen molar-refractivity contribution >= 4 is 17.5 Å². The number of hydrogen-bond acceptors (Lipinski definition) is 7. The van der Waals surface area contributed by atoms with Gasteiger partial charge >= 0.3 is 0 Å². The number of nitrogens with zero attached hydrogens (tertiary/aromatic N) is 4. The van der Waals surface area contributed by atoms with Gasteiger partial charge in [-0.25, -0.2) is 9.37 Å². The fourth-order valence-corrected chi connectivity index (χ4v) is 4.42. The lowest BCUT2D eigenvalue weighted by molar-refractivity contribution is 0.0996. The second-order valence-electron chi connectivity index (χ2n) is 8.11. The summed E-state index contributed by atoms with van der Waals surface area (Å²) in [5.74, 6) is 1.41. The number of benzene rings is 1. The first-order valence-electron chi connectivity index (χ1n) is 10.7. The van der Waals surface area contributed by atoms with Crippen LogP contribution in [0.1, 0.15) is 22.3 Å². The third kappa shape index (κ3) is 3.64. The fourth-order valence-electron chi connectivity index (χ4n) is 4.42. The van der Waals surface area contributed by atoms with Crippen LogP contribution >= 0.6 is 0 Å². The summed E-state index contributed by atoms with van der Waals surface area (Å²) in [5, 5.41) is 0. The summed E-state index contributed by atoms with van der Waals surface area (Å²) < 4.78 is 25.6. The van der Waals surface area contributed by atoms with Crippen LogP contribution in [0.3, 0.4) is 0 Å². The molecule has 0 aliphatic carbocycles. The molecule has 0 bridgehead atoms. The Labute approximate surface area is 190 Å². The van der Waals surface area contributed by atoms with Gasteiger partial charge in [0.2, 0.25) is 0 Å². The number of nitrogens with two attached hydrogens (primary N) is 1. The molecule has 33 heavy (non-hydrogen) atoms. The van der Waals surface area contributed by atoms with Crippen molar-refractivity contribution in [2.45, 2.75) is 19.0 Å². The van der Waals surface area contributed by atoms with Crippen molar-refractivity contribution in [2.24, 2.45) is 5.73 Å². The van der Waals surface area contributed by atoms with Gasteiger partial charge in [-0.2, -0.15) is 0 Å². The molecule has 1 aromatic carbocycles. The molecule has 3 aromatic rings. The predicted molar refractivity (Wildman–Crippen MR) is 122 cm³/mol. The van der Waals surface area contributed by atoms with Gasteiger partial charge in [-0.05, 0) is 24.6 Å². The lowest BCUT2D eigenvalue weighted by atomic mass is 10.0. The zero-order chi connectivity index (χ0) is 23.1. The van der Waals surface area contributed by atoms with Crippen molar-refractivity contribution in [3.63, 3.8) is 0 Å². The maximum absolute atomic E-state index is 14.8. The first kappa shape index (κ1) is 21.1. The predicted octanol–water partition coefficient (Wildman–Crippen LogP) is 3.00. The molecule has 8 nitrogen and oxygen atoms in total. The van der Waals surface area contributed by atoms with Gasteiger partial charge in [0.15, 0.2) is 0 Å². The maximum atomic E-state index is 14.8. The van der Waals surface area contributed by atoms with Gasteiger partial charge in [0.05, 0.1) is 32.0 Å². The number of carbonyl (C=O) groups excluding carboxylic acids is 1. The molecule has 1 fully saturated rings. The Morgan fingerprint density at radius 3 is 2.70 bits per heavy atom. The molecule has 0 radical (unpaired) electrons. The van der Waals surface area contributed by atoms with E-state index in [0.717, 1.165) is 13.0 Å². The highest BCUT2D eigenvalue weighted by molar-refractivity contribution is 6.10. The Morgan fingerprint density at radius 2 is 1.97 bits per heavy atom. The Balaban J connectivity index is 1.56. The Morgan fingerprint density at radius 1 is 1.15 bits per heavy atom. The van der Waals surface area contributed by atoms with E-state index in [-0.39, 0.29) is 24.1 Å². The van der Waals surface area contributed by atoms with Gasteiger partial charge in [0.25, 0.3) is 5.91 Å². The second kappa shape index (κ2) is 8.32. The number of ether oxygens (including phenoxy) is 2.